The Morgan fingerprint density at radius 1 is 1.17 bits per heavy atom. The first-order valence-electron chi connectivity index (χ1n) is 11.3. The number of hydrogen-bond acceptors (Lipinski definition) is 5. The van der Waals surface area contributed by atoms with Crippen LogP contribution in [-0.4, -0.2) is 73.1 Å². The molecular weight excluding hydrogens is 394 g/mol. The fraction of sp³-hybridized carbons (Fsp3) is 0.652. The van der Waals surface area contributed by atoms with Gasteiger partial charge in [0, 0.05) is 57.1 Å². The minimum Gasteiger partial charge on any atom is -0.354 e. The second-order valence-electron chi connectivity index (χ2n) is 9.92. The van der Waals surface area contributed by atoms with Gasteiger partial charge in [-0.05, 0) is 68.2 Å². The van der Waals surface area contributed by atoms with E-state index < -0.39 is 0 Å². The molecule has 1 aromatic carbocycles. The van der Waals surface area contributed by atoms with Crippen molar-refractivity contribution in [2.45, 2.75) is 38.1 Å². The Bertz CT molecular complexity index is 890. The first-order valence-corrected chi connectivity index (χ1v) is 12.1. The van der Waals surface area contributed by atoms with Crippen LogP contribution in [0.25, 0.3) is 10.1 Å². The van der Waals surface area contributed by atoms with Gasteiger partial charge in [0.25, 0.3) is 0 Å². The SMILES string of the molecule is CN(C)C(=O)N[C@H]1CC[C@H](CCN2CC3(C2)CN(c2nsc4ccccc24)C3)CC1. The summed E-state index contributed by atoms with van der Waals surface area (Å²) in [4.78, 5) is 18.6. The zero-order chi connectivity index (χ0) is 20.7. The van der Waals surface area contributed by atoms with Gasteiger partial charge in [0.05, 0.1) is 4.70 Å². The van der Waals surface area contributed by atoms with Crippen LogP contribution in [0.2, 0.25) is 0 Å². The Morgan fingerprint density at radius 2 is 1.90 bits per heavy atom. The monoisotopic (exact) mass is 427 g/mol. The van der Waals surface area contributed by atoms with Gasteiger partial charge in [-0.15, -0.1) is 0 Å². The summed E-state index contributed by atoms with van der Waals surface area (Å²) in [7, 11) is 3.61. The van der Waals surface area contributed by atoms with E-state index in [1.165, 1.54) is 54.8 Å². The van der Waals surface area contributed by atoms with Crippen molar-refractivity contribution in [1.29, 1.82) is 0 Å². The number of nitrogens with zero attached hydrogens (tertiary/aromatic N) is 4. The lowest BCUT2D eigenvalue weighted by atomic mass is 9.72. The Balaban J connectivity index is 1.01. The third-order valence-electron chi connectivity index (χ3n) is 7.26. The molecule has 2 aliphatic heterocycles. The normalized spacial score (nSPS) is 25.7. The first-order chi connectivity index (χ1) is 14.5. The summed E-state index contributed by atoms with van der Waals surface area (Å²) in [5.74, 6) is 2.02. The molecule has 7 heteroatoms. The second kappa shape index (κ2) is 8.00. The Labute approximate surface area is 183 Å². The third-order valence-corrected chi connectivity index (χ3v) is 8.08. The number of carbonyl (C=O) groups is 1. The number of nitrogens with one attached hydrogen (secondary N) is 1. The van der Waals surface area contributed by atoms with Crippen LogP contribution in [0.3, 0.4) is 0 Å². The van der Waals surface area contributed by atoms with Crippen molar-refractivity contribution in [2.24, 2.45) is 11.3 Å². The molecule has 3 fully saturated rings. The standard InChI is InChI=1S/C23H33N5OS/c1-26(2)22(29)24-18-9-7-17(8-10-18)11-12-27-13-23(14-27)15-28(16-23)21-19-5-3-4-6-20(19)30-25-21/h3-6,17-18H,7-16H2,1-2H3,(H,24,29)/t17-,18-. The highest BCUT2D eigenvalue weighted by Gasteiger charge is 2.52. The topological polar surface area (TPSA) is 51.7 Å². The number of carbonyl (C=O) groups excluding carboxylic acids is 1. The fourth-order valence-electron chi connectivity index (χ4n) is 5.54. The van der Waals surface area contributed by atoms with E-state index in [9.17, 15) is 4.79 Å². The highest BCUT2D eigenvalue weighted by atomic mass is 32.1. The molecule has 0 unspecified atom stereocenters. The molecule has 2 amide bonds. The minimum atomic E-state index is 0.0459. The number of hydrogen-bond donors (Lipinski definition) is 1. The van der Waals surface area contributed by atoms with E-state index in [1.807, 2.05) is 0 Å². The molecule has 3 heterocycles. The maximum atomic E-state index is 11.8. The zero-order valence-corrected chi connectivity index (χ0v) is 19.0. The molecule has 1 saturated carbocycles. The lowest BCUT2D eigenvalue weighted by Crippen LogP contribution is -2.72. The van der Waals surface area contributed by atoms with Gasteiger partial charge in [0.2, 0.25) is 0 Å². The largest absolute Gasteiger partial charge is 0.354 e. The van der Waals surface area contributed by atoms with Crippen LogP contribution in [0.1, 0.15) is 32.1 Å². The van der Waals surface area contributed by atoms with E-state index in [1.54, 1.807) is 30.5 Å². The van der Waals surface area contributed by atoms with Gasteiger partial charge in [0.1, 0.15) is 5.82 Å². The molecule has 0 bridgehead atoms. The van der Waals surface area contributed by atoms with Crippen molar-refractivity contribution in [1.82, 2.24) is 19.5 Å². The predicted octanol–water partition coefficient (Wildman–Crippen LogP) is 3.64. The molecule has 0 atom stereocenters. The Hall–Kier alpha value is -1.86. The summed E-state index contributed by atoms with van der Waals surface area (Å²) >= 11 is 1.62. The van der Waals surface area contributed by atoms with Crippen LogP contribution in [-0.2, 0) is 0 Å². The van der Waals surface area contributed by atoms with Gasteiger partial charge in [-0.3, -0.25) is 0 Å². The Morgan fingerprint density at radius 3 is 2.63 bits per heavy atom. The number of fused-ring (bicyclic) bond motifs is 1. The van der Waals surface area contributed by atoms with Crippen molar-refractivity contribution in [3.8, 4) is 0 Å². The molecular formula is C23H33N5OS. The van der Waals surface area contributed by atoms with E-state index in [0.29, 0.717) is 11.5 Å². The van der Waals surface area contributed by atoms with Gasteiger partial charge in [-0.1, -0.05) is 12.1 Å². The maximum absolute atomic E-state index is 11.8. The van der Waals surface area contributed by atoms with Crippen LogP contribution >= 0.6 is 11.5 Å². The summed E-state index contributed by atoms with van der Waals surface area (Å²) in [6.45, 7) is 6.06. The Kier molecular flexibility index (Phi) is 5.35. The summed E-state index contributed by atoms with van der Waals surface area (Å²) in [5, 5.41) is 4.46. The van der Waals surface area contributed by atoms with Gasteiger partial charge in [-0.25, -0.2) is 4.79 Å². The predicted molar refractivity (Wildman–Crippen MR) is 123 cm³/mol. The summed E-state index contributed by atoms with van der Waals surface area (Å²) in [5.41, 5.74) is 0.513. The number of rotatable bonds is 5. The van der Waals surface area contributed by atoms with E-state index in [2.05, 4.69) is 39.4 Å². The minimum absolute atomic E-state index is 0.0459. The van der Waals surface area contributed by atoms with Crippen LogP contribution in [0, 0.1) is 11.3 Å². The molecule has 2 saturated heterocycles. The molecule has 0 radical (unpaired) electrons. The molecule has 5 rings (SSSR count). The average Bonchev–Trinajstić information content (AvgIpc) is 3.10. The number of amides is 2. The van der Waals surface area contributed by atoms with Gasteiger partial charge in [-0.2, -0.15) is 4.37 Å². The van der Waals surface area contributed by atoms with Crippen LogP contribution < -0.4 is 10.2 Å². The number of aromatic nitrogens is 1. The highest BCUT2D eigenvalue weighted by Crippen LogP contribution is 2.44. The maximum Gasteiger partial charge on any atom is 0.317 e. The highest BCUT2D eigenvalue weighted by molar-refractivity contribution is 7.13. The number of anilines is 1. The van der Waals surface area contributed by atoms with Crippen molar-refractivity contribution in [3.63, 3.8) is 0 Å². The average molecular weight is 428 g/mol. The van der Waals surface area contributed by atoms with E-state index in [0.717, 1.165) is 31.8 Å². The quantitative estimate of drug-likeness (QED) is 0.792. The molecule has 30 heavy (non-hydrogen) atoms. The van der Waals surface area contributed by atoms with E-state index >= 15 is 0 Å². The molecule has 162 valence electrons. The lowest BCUT2D eigenvalue weighted by Gasteiger charge is -2.60. The van der Waals surface area contributed by atoms with Crippen LogP contribution in [0.4, 0.5) is 10.6 Å². The first kappa shape index (κ1) is 20.1. The van der Waals surface area contributed by atoms with E-state index in [4.69, 9.17) is 4.37 Å². The summed E-state index contributed by atoms with van der Waals surface area (Å²) < 4.78 is 6.01. The number of likely N-dealkylation sites (tertiary alicyclic amines) is 1. The van der Waals surface area contributed by atoms with Gasteiger partial charge < -0.3 is 20.0 Å². The smallest absolute Gasteiger partial charge is 0.317 e. The molecule has 1 aromatic heterocycles. The molecule has 3 aliphatic rings. The zero-order valence-electron chi connectivity index (χ0n) is 18.1. The summed E-state index contributed by atoms with van der Waals surface area (Å²) in [6.07, 6.45) is 6.07. The second-order valence-corrected chi connectivity index (χ2v) is 10.7. The van der Waals surface area contributed by atoms with E-state index in [-0.39, 0.29) is 6.03 Å². The number of benzene rings is 1. The van der Waals surface area contributed by atoms with Crippen LogP contribution in [0.5, 0.6) is 0 Å². The molecule has 6 nitrogen and oxygen atoms in total. The van der Waals surface area contributed by atoms with Gasteiger partial charge >= 0.3 is 6.03 Å². The molecule has 1 N–H and O–H groups in total. The van der Waals surface area contributed by atoms with Crippen molar-refractivity contribution < 1.29 is 4.79 Å². The lowest BCUT2D eigenvalue weighted by molar-refractivity contribution is -0.0254. The summed E-state index contributed by atoms with van der Waals surface area (Å²) in [6, 6.07) is 8.99. The van der Waals surface area contributed by atoms with Crippen molar-refractivity contribution in [3.05, 3.63) is 24.3 Å². The molecule has 2 aromatic rings. The van der Waals surface area contributed by atoms with Crippen molar-refractivity contribution >= 4 is 33.5 Å². The fourth-order valence-corrected chi connectivity index (χ4v) is 6.33. The number of urea groups is 1. The van der Waals surface area contributed by atoms with Crippen LogP contribution in [0.15, 0.2) is 24.3 Å². The van der Waals surface area contributed by atoms with Gasteiger partial charge in [0.15, 0.2) is 0 Å². The molecule has 1 spiro atoms. The molecule has 1 aliphatic carbocycles. The van der Waals surface area contributed by atoms with Crippen molar-refractivity contribution in [2.75, 3.05) is 51.7 Å². The third kappa shape index (κ3) is 3.89.